The number of rotatable bonds is 4. The molecule has 1 heterocycles. The van der Waals surface area contributed by atoms with Crippen LogP contribution in [-0.2, 0) is 0 Å². The Morgan fingerprint density at radius 1 is 1.19 bits per heavy atom. The Balaban J connectivity index is 2.28. The fourth-order valence-electron chi connectivity index (χ4n) is 2.79. The Morgan fingerprint density at radius 3 is 2.43 bits per heavy atom. The van der Waals surface area contributed by atoms with Gasteiger partial charge in [-0.3, -0.25) is 4.79 Å². The summed E-state index contributed by atoms with van der Waals surface area (Å²) < 4.78 is 10.5. The summed E-state index contributed by atoms with van der Waals surface area (Å²) in [6.07, 6.45) is 4.29. The Labute approximate surface area is 126 Å². The molecule has 5 nitrogen and oxygen atoms in total. The van der Waals surface area contributed by atoms with Crippen LogP contribution < -0.4 is 15.2 Å². The summed E-state index contributed by atoms with van der Waals surface area (Å²) in [7, 11) is 3.16. The predicted octanol–water partition coefficient (Wildman–Crippen LogP) is 2.05. The maximum atomic E-state index is 12.8. The van der Waals surface area contributed by atoms with Gasteiger partial charge in [0, 0.05) is 30.8 Å². The quantitative estimate of drug-likeness (QED) is 0.922. The number of nitrogens with zero attached hydrogens (tertiary/aromatic N) is 1. The number of nitrogens with two attached hydrogens (primary N) is 1. The average molecular weight is 292 g/mol. The first-order valence-corrected chi connectivity index (χ1v) is 7.43. The molecule has 0 spiro atoms. The van der Waals surface area contributed by atoms with Crippen molar-refractivity contribution in [2.45, 2.75) is 31.7 Å². The van der Waals surface area contributed by atoms with Crippen molar-refractivity contribution in [3.8, 4) is 11.5 Å². The van der Waals surface area contributed by atoms with E-state index in [-0.39, 0.29) is 11.9 Å². The van der Waals surface area contributed by atoms with Crippen LogP contribution in [0.25, 0.3) is 0 Å². The SMILES string of the molecule is COc1cc(OC)cc(C(=O)N2CCCCCC2CN)c1. The first-order valence-electron chi connectivity index (χ1n) is 7.43. The lowest BCUT2D eigenvalue weighted by Gasteiger charge is -2.29. The van der Waals surface area contributed by atoms with E-state index in [1.807, 2.05) is 4.90 Å². The third kappa shape index (κ3) is 3.67. The lowest BCUT2D eigenvalue weighted by molar-refractivity contribution is 0.0688. The van der Waals surface area contributed by atoms with E-state index in [0.717, 1.165) is 32.2 Å². The summed E-state index contributed by atoms with van der Waals surface area (Å²) >= 11 is 0. The van der Waals surface area contributed by atoms with Gasteiger partial charge in [0.15, 0.2) is 0 Å². The molecule has 1 aliphatic rings. The molecule has 0 aromatic heterocycles. The number of amides is 1. The molecule has 0 aliphatic carbocycles. The molecule has 2 rings (SSSR count). The summed E-state index contributed by atoms with van der Waals surface area (Å²) in [6, 6.07) is 5.39. The molecule has 0 saturated carbocycles. The van der Waals surface area contributed by atoms with E-state index in [0.29, 0.717) is 23.6 Å². The molecule has 5 heteroatoms. The van der Waals surface area contributed by atoms with Gasteiger partial charge < -0.3 is 20.1 Å². The van der Waals surface area contributed by atoms with Crippen LogP contribution in [0.2, 0.25) is 0 Å². The van der Waals surface area contributed by atoms with E-state index in [1.54, 1.807) is 32.4 Å². The molecule has 1 aromatic rings. The molecule has 1 unspecified atom stereocenters. The minimum Gasteiger partial charge on any atom is -0.497 e. The highest BCUT2D eigenvalue weighted by Crippen LogP contribution is 2.25. The van der Waals surface area contributed by atoms with Crippen molar-refractivity contribution in [3.05, 3.63) is 23.8 Å². The molecular formula is C16H24N2O3. The second-order valence-corrected chi connectivity index (χ2v) is 5.34. The zero-order valence-electron chi connectivity index (χ0n) is 12.8. The number of ether oxygens (including phenoxy) is 2. The fraction of sp³-hybridized carbons (Fsp3) is 0.562. The van der Waals surface area contributed by atoms with E-state index >= 15 is 0 Å². The van der Waals surface area contributed by atoms with Crippen molar-refractivity contribution in [1.82, 2.24) is 4.90 Å². The summed E-state index contributed by atoms with van der Waals surface area (Å²) in [5.74, 6) is 1.25. The topological polar surface area (TPSA) is 64.8 Å². The number of likely N-dealkylation sites (tertiary alicyclic amines) is 1. The van der Waals surface area contributed by atoms with Crippen molar-refractivity contribution in [2.75, 3.05) is 27.3 Å². The molecule has 0 bridgehead atoms. The normalized spacial score (nSPS) is 19.0. The van der Waals surface area contributed by atoms with Crippen LogP contribution in [0.15, 0.2) is 18.2 Å². The summed E-state index contributed by atoms with van der Waals surface area (Å²) in [4.78, 5) is 14.7. The summed E-state index contributed by atoms with van der Waals surface area (Å²) in [5, 5.41) is 0. The van der Waals surface area contributed by atoms with Crippen molar-refractivity contribution >= 4 is 5.91 Å². The van der Waals surface area contributed by atoms with E-state index in [9.17, 15) is 4.79 Å². The molecular weight excluding hydrogens is 268 g/mol. The van der Waals surface area contributed by atoms with Gasteiger partial charge in [-0.2, -0.15) is 0 Å². The van der Waals surface area contributed by atoms with Crippen molar-refractivity contribution in [1.29, 1.82) is 0 Å². The van der Waals surface area contributed by atoms with Gasteiger partial charge in [-0.1, -0.05) is 12.8 Å². The fourth-order valence-corrected chi connectivity index (χ4v) is 2.79. The second-order valence-electron chi connectivity index (χ2n) is 5.34. The van der Waals surface area contributed by atoms with Gasteiger partial charge in [-0.05, 0) is 25.0 Å². The predicted molar refractivity (Wildman–Crippen MR) is 81.9 cm³/mol. The van der Waals surface area contributed by atoms with E-state index in [2.05, 4.69) is 0 Å². The Bertz CT molecular complexity index is 468. The van der Waals surface area contributed by atoms with Crippen molar-refractivity contribution in [3.63, 3.8) is 0 Å². The maximum Gasteiger partial charge on any atom is 0.254 e. The van der Waals surface area contributed by atoms with E-state index in [1.165, 1.54) is 0 Å². The summed E-state index contributed by atoms with van der Waals surface area (Å²) in [5.41, 5.74) is 6.44. The molecule has 0 radical (unpaired) electrons. The number of hydrogen-bond acceptors (Lipinski definition) is 4. The highest BCUT2D eigenvalue weighted by atomic mass is 16.5. The monoisotopic (exact) mass is 292 g/mol. The molecule has 1 fully saturated rings. The van der Waals surface area contributed by atoms with Gasteiger partial charge in [-0.15, -0.1) is 0 Å². The van der Waals surface area contributed by atoms with Crippen LogP contribution in [-0.4, -0.2) is 44.2 Å². The van der Waals surface area contributed by atoms with Gasteiger partial charge >= 0.3 is 0 Å². The maximum absolute atomic E-state index is 12.8. The second kappa shape index (κ2) is 7.31. The van der Waals surface area contributed by atoms with Crippen LogP contribution in [0.4, 0.5) is 0 Å². The molecule has 1 aliphatic heterocycles. The Hall–Kier alpha value is -1.75. The van der Waals surface area contributed by atoms with Crippen molar-refractivity contribution in [2.24, 2.45) is 5.73 Å². The van der Waals surface area contributed by atoms with Crippen LogP contribution in [0.1, 0.15) is 36.0 Å². The van der Waals surface area contributed by atoms with E-state index in [4.69, 9.17) is 15.2 Å². The van der Waals surface area contributed by atoms with Gasteiger partial charge in [0.25, 0.3) is 5.91 Å². The van der Waals surface area contributed by atoms with Gasteiger partial charge in [-0.25, -0.2) is 0 Å². The Morgan fingerprint density at radius 2 is 1.86 bits per heavy atom. The Kier molecular flexibility index (Phi) is 5.44. The minimum absolute atomic E-state index is 0.00421. The first kappa shape index (κ1) is 15.6. The van der Waals surface area contributed by atoms with E-state index < -0.39 is 0 Å². The first-order chi connectivity index (χ1) is 10.2. The third-order valence-electron chi connectivity index (χ3n) is 4.01. The number of carbonyl (C=O) groups is 1. The lowest BCUT2D eigenvalue weighted by atomic mass is 10.1. The molecule has 21 heavy (non-hydrogen) atoms. The standard InChI is InChI=1S/C16H24N2O3/c1-20-14-8-12(9-15(10-14)21-2)16(19)18-7-5-3-4-6-13(18)11-17/h8-10,13H,3-7,11,17H2,1-2H3. The smallest absolute Gasteiger partial charge is 0.254 e. The van der Waals surface area contributed by atoms with Crippen LogP contribution in [0, 0.1) is 0 Å². The minimum atomic E-state index is 0.00421. The summed E-state index contributed by atoms with van der Waals surface area (Å²) in [6.45, 7) is 1.27. The highest BCUT2D eigenvalue weighted by Gasteiger charge is 2.25. The lowest BCUT2D eigenvalue weighted by Crippen LogP contribution is -2.44. The average Bonchev–Trinajstić information content (AvgIpc) is 2.78. The number of carbonyl (C=O) groups excluding carboxylic acids is 1. The molecule has 2 N–H and O–H groups in total. The molecule has 1 aromatic carbocycles. The van der Waals surface area contributed by atoms with Gasteiger partial charge in [0.2, 0.25) is 0 Å². The zero-order valence-corrected chi connectivity index (χ0v) is 12.8. The van der Waals surface area contributed by atoms with Crippen LogP contribution >= 0.6 is 0 Å². The molecule has 1 saturated heterocycles. The molecule has 1 amide bonds. The number of methoxy groups -OCH3 is 2. The zero-order chi connectivity index (χ0) is 15.2. The third-order valence-corrected chi connectivity index (χ3v) is 4.01. The van der Waals surface area contributed by atoms with Crippen molar-refractivity contribution < 1.29 is 14.3 Å². The van der Waals surface area contributed by atoms with Crippen LogP contribution in [0.3, 0.4) is 0 Å². The molecule has 116 valence electrons. The number of hydrogen-bond donors (Lipinski definition) is 1. The largest absolute Gasteiger partial charge is 0.497 e. The van der Waals surface area contributed by atoms with Gasteiger partial charge in [0.1, 0.15) is 11.5 Å². The number of benzene rings is 1. The van der Waals surface area contributed by atoms with Crippen LogP contribution in [0.5, 0.6) is 11.5 Å². The highest BCUT2D eigenvalue weighted by molar-refractivity contribution is 5.95. The van der Waals surface area contributed by atoms with Gasteiger partial charge in [0.05, 0.1) is 14.2 Å². The molecule has 1 atom stereocenters.